The van der Waals surface area contributed by atoms with E-state index in [1.807, 2.05) is 50.3 Å². The van der Waals surface area contributed by atoms with Gasteiger partial charge in [0.15, 0.2) is 0 Å². The molecule has 1 aliphatic carbocycles. The van der Waals surface area contributed by atoms with E-state index in [0.717, 1.165) is 16.7 Å². The third kappa shape index (κ3) is 1.91. The van der Waals surface area contributed by atoms with Gasteiger partial charge < -0.3 is 14.8 Å². The molecule has 1 aromatic carbocycles. The number of nitrogens with one attached hydrogen (secondary N) is 1. The first-order chi connectivity index (χ1) is 11.0. The number of aliphatic hydroxyl groups is 1. The molecule has 3 atom stereocenters. The molecule has 0 amide bonds. The molecule has 118 valence electrons. The van der Waals surface area contributed by atoms with Gasteiger partial charge >= 0.3 is 0 Å². The van der Waals surface area contributed by atoms with Crippen molar-refractivity contribution in [2.24, 2.45) is 5.92 Å². The lowest BCUT2D eigenvalue weighted by atomic mass is 9.81. The van der Waals surface area contributed by atoms with Crippen molar-refractivity contribution in [2.45, 2.75) is 25.4 Å². The van der Waals surface area contributed by atoms with Crippen LogP contribution in [0.1, 0.15) is 25.3 Å². The monoisotopic (exact) mass is 309 g/mol. The fourth-order valence-corrected chi connectivity index (χ4v) is 4.09. The normalized spacial score (nSPS) is 28.0. The molecule has 2 heterocycles. The molecule has 2 aromatic rings. The van der Waals surface area contributed by atoms with Crippen molar-refractivity contribution in [3.63, 3.8) is 0 Å². The van der Waals surface area contributed by atoms with E-state index in [9.17, 15) is 9.90 Å². The molecule has 0 fully saturated rings. The molecule has 4 nitrogen and oxygen atoms in total. The van der Waals surface area contributed by atoms with Crippen molar-refractivity contribution in [2.75, 3.05) is 6.61 Å². The number of aliphatic hydroxyl groups excluding tert-OH is 1. The Morgan fingerprint density at radius 2 is 2.04 bits per heavy atom. The number of H-pyrrole nitrogens is 1. The predicted molar refractivity (Wildman–Crippen MR) is 88.6 cm³/mol. The maximum atomic E-state index is 12.5. The number of rotatable bonds is 2. The molecule has 0 saturated carbocycles. The summed E-state index contributed by atoms with van der Waals surface area (Å²) in [5.74, 6) is 0.693. The fourth-order valence-electron chi connectivity index (χ4n) is 4.09. The van der Waals surface area contributed by atoms with E-state index in [1.165, 1.54) is 0 Å². The van der Waals surface area contributed by atoms with Crippen LogP contribution in [0.25, 0.3) is 11.1 Å². The third-order valence-electron chi connectivity index (χ3n) is 5.16. The van der Waals surface area contributed by atoms with Crippen LogP contribution >= 0.6 is 0 Å². The van der Waals surface area contributed by atoms with Crippen molar-refractivity contribution >= 4 is 0 Å². The summed E-state index contributed by atoms with van der Waals surface area (Å²) in [4.78, 5) is 15.4. The molecule has 0 radical (unpaired) electrons. The molecule has 2 aliphatic rings. The molecular weight excluding hydrogens is 290 g/mol. The second-order valence-corrected chi connectivity index (χ2v) is 6.57. The number of fused-ring (bicyclic) bond motifs is 3. The molecule has 0 unspecified atom stereocenters. The van der Waals surface area contributed by atoms with Crippen molar-refractivity contribution in [3.8, 4) is 16.9 Å². The number of pyridine rings is 1. The smallest absolute Gasteiger partial charge is 0.255 e. The van der Waals surface area contributed by atoms with Gasteiger partial charge in [-0.3, -0.25) is 4.79 Å². The zero-order valence-corrected chi connectivity index (χ0v) is 13.2. The van der Waals surface area contributed by atoms with Gasteiger partial charge in [-0.2, -0.15) is 0 Å². The number of ether oxygens (including phenoxy) is 1. The highest BCUT2D eigenvalue weighted by molar-refractivity contribution is 5.73. The number of aromatic nitrogens is 1. The van der Waals surface area contributed by atoms with Crippen LogP contribution in [0.3, 0.4) is 0 Å². The van der Waals surface area contributed by atoms with E-state index in [4.69, 9.17) is 4.74 Å². The van der Waals surface area contributed by atoms with Gasteiger partial charge in [-0.1, -0.05) is 37.3 Å². The van der Waals surface area contributed by atoms with Crippen LogP contribution in [0, 0.1) is 5.92 Å². The summed E-state index contributed by atoms with van der Waals surface area (Å²) in [7, 11) is 0. The van der Waals surface area contributed by atoms with Crippen LogP contribution < -0.4 is 10.3 Å². The van der Waals surface area contributed by atoms with Crippen LogP contribution in [0.5, 0.6) is 5.75 Å². The quantitative estimate of drug-likeness (QED) is 0.839. The van der Waals surface area contributed by atoms with Crippen molar-refractivity contribution in [1.82, 2.24) is 4.98 Å². The van der Waals surface area contributed by atoms with E-state index in [2.05, 4.69) is 4.98 Å². The zero-order valence-electron chi connectivity index (χ0n) is 13.2. The molecular formula is C19H19NO3. The molecule has 0 bridgehead atoms. The maximum absolute atomic E-state index is 12.5. The minimum Gasteiger partial charge on any atom is -0.482 e. The van der Waals surface area contributed by atoms with Crippen LogP contribution in [-0.2, 0) is 0 Å². The SMILES string of the molecule is C[C@H]1C(CO)=C[C@]2(C)Oc3c(-c4ccccc4)c[nH]c(=O)c3[C@H]12. The molecule has 4 rings (SSSR count). The number of hydrogen-bond acceptors (Lipinski definition) is 3. The number of aromatic amines is 1. The Morgan fingerprint density at radius 3 is 2.74 bits per heavy atom. The summed E-state index contributed by atoms with van der Waals surface area (Å²) >= 11 is 0. The Morgan fingerprint density at radius 1 is 1.30 bits per heavy atom. The molecule has 2 N–H and O–H groups in total. The summed E-state index contributed by atoms with van der Waals surface area (Å²) in [6, 6.07) is 9.91. The lowest BCUT2D eigenvalue weighted by molar-refractivity contribution is 0.141. The molecule has 4 heteroatoms. The van der Waals surface area contributed by atoms with Crippen molar-refractivity contribution in [1.29, 1.82) is 0 Å². The average Bonchev–Trinajstić information content (AvgIpc) is 2.99. The highest BCUT2D eigenvalue weighted by Crippen LogP contribution is 2.56. The average molecular weight is 309 g/mol. The minimum atomic E-state index is -0.572. The van der Waals surface area contributed by atoms with E-state index in [1.54, 1.807) is 6.20 Å². The Bertz CT molecular complexity index is 853. The first-order valence-corrected chi connectivity index (χ1v) is 7.87. The summed E-state index contributed by atoms with van der Waals surface area (Å²) in [5.41, 5.74) is 2.88. The summed E-state index contributed by atoms with van der Waals surface area (Å²) in [5, 5.41) is 9.55. The van der Waals surface area contributed by atoms with Gasteiger partial charge in [0.05, 0.1) is 12.2 Å². The molecule has 0 spiro atoms. The largest absolute Gasteiger partial charge is 0.482 e. The van der Waals surface area contributed by atoms with Gasteiger partial charge in [0.2, 0.25) is 0 Å². The van der Waals surface area contributed by atoms with E-state index < -0.39 is 5.60 Å². The summed E-state index contributed by atoms with van der Waals surface area (Å²) < 4.78 is 6.28. The Hall–Kier alpha value is -2.33. The van der Waals surface area contributed by atoms with Crippen molar-refractivity contribution in [3.05, 3.63) is 64.1 Å². The van der Waals surface area contributed by atoms with Crippen LogP contribution in [-0.4, -0.2) is 22.3 Å². The van der Waals surface area contributed by atoms with Crippen LogP contribution in [0.15, 0.2) is 53.0 Å². The second-order valence-electron chi connectivity index (χ2n) is 6.57. The van der Waals surface area contributed by atoms with E-state index in [-0.39, 0.29) is 24.0 Å². The Kier molecular flexibility index (Phi) is 3.00. The van der Waals surface area contributed by atoms with Gasteiger partial charge in [-0.25, -0.2) is 0 Å². The van der Waals surface area contributed by atoms with Crippen LogP contribution in [0.4, 0.5) is 0 Å². The first-order valence-electron chi connectivity index (χ1n) is 7.87. The predicted octanol–water partition coefficient (Wildman–Crippen LogP) is 2.85. The summed E-state index contributed by atoms with van der Waals surface area (Å²) in [6.07, 6.45) is 3.71. The minimum absolute atomic E-state index is 0.00221. The zero-order chi connectivity index (χ0) is 16.2. The second kappa shape index (κ2) is 4.83. The molecule has 1 aliphatic heterocycles. The van der Waals surface area contributed by atoms with Gasteiger partial charge in [0.1, 0.15) is 11.4 Å². The molecule has 0 saturated heterocycles. The van der Waals surface area contributed by atoms with E-state index in [0.29, 0.717) is 11.3 Å². The lowest BCUT2D eigenvalue weighted by Gasteiger charge is -2.24. The third-order valence-corrected chi connectivity index (χ3v) is 5.16. The van der Waals surface area contributed by atoms with Gasteiger partial charge in [-0.05, 0) is 30.1 Å². The van der Waals surface area contributed by atoms with Gasteiger partial charge in [0.25, 0.3) is 5.56 Å². The van der Waals surface area contributed by atoms with Gasteiger partial charge in [-0.15, -0.1) is 0 Å². The Labute approximate surface area is 134 Å². The van der Waals surface area contributed by atoms with Gasteiger partial charge in [0, 0.05) is 17.7 Å². The Balaban J connectivity index is 1.92. The molecule has 23 heavy (non-hydrogen) atoms. The van der Waals surface area contributed by atoms with Crippen molar-refractivity contribution < 1.29 is 9.84 Å². The maximum Gasteiger partial charge on any atom is 0.255 e. The summed E-state index contributed by atoms with van der Waals surface area (Å²) in [6.45, 7) is 4.04. The standard InChI is InChI=1S/C19H19NO3/c1-11-13(10-21)8-19(2)16(11)15-17(23-19)14(9-20-18(15)22)12-6-4-3-5-7-12/h3-9,11,16,21H,10H2,1-2H3,(H,20,22)/t11-,16-,19-/m0/s1. The van der Waals surface area contributed by atoms with E-state index >= 15 is 0 Å². The highest BCUT2D eigenvalue weighted by atomic mass is 16.5. The highest BCUT2D eigenvalue weighted by Gasteiger charge is 2.53. The topological polar surface area (TPSA) is 62.3 Å². The number of hydrogen-bond donors (Lipinski definition) is 2. The fraction of sp³-hybridized carbons (Fsp3) is 0.316. The number of benzene rings is 1. The lowest BCUT2D eigenvalue weighted by Crippen LogP contribution is -2.32. The molecule has 1 aromatic heterocycles. The first kappa shape index (κ1) is 14.3. The van der Waals surface area contributed by atoms with Crippen LogP contribution in [0.2, 0.25) is 0 Å².